The summed E-state index contributed by atoms with van der Waals surface area (Å²) in [7, 11) is 0. The molecule has 0 heterocycles. The maximum atomic E-state index is 10.8. The maximum absolute atomic E-state index is 10.8. The third kappa shape index (κ3) is 11.4. The van der Waals surface area contributed by atoms with Gasteiger partial charge in [-0.2, -0.15) is 0 Å². The number of carbonyl (C=O) groups is 1. The van der Waals surface area contributed by atoms with Crippen molar-refractivity contribution in [2.45, 2.75) is 41.0 Å². The summed E-state index contributed by atoms with van der Waals surface area (Å²) < 4.78 is 4.76. The molecule has 0 radical (unpaired) electrons. The fourth-order valence-electron chi connectivity index (χ4n) is 0.701. The molecular weight excluding hydrogens is 178 g/mol. The molecule has 0 spiro atoms. The van der Waals surface area contributed by atoms with Crippen LogP contribution in [0.2, 0.25) is 0 Å². The van der Waals surface area contributed by atoms with E-state index in [0.29, 0.717) is 6.61 Å². The monoisotopic (exact) mass is 203 g/mol. The van der Waals surface area contributed by atoms with E-state index in [4.69, 9.17) is 4.74 Å². The van der Waals surface area contributed by atoms with Crippen molar-refractivity contribution in [1.82, 2.24) is 5.32 Å². The van der Waals surface area contributed by atoms with Gasteiger partial charge < -0.3 is 10.1 Å². The van der Waals surface area contributed by atoms with Gasteiger partial charge in [-0.25, -0.2) is 0 Å². The lowest BCUT2D eigenvalue weighted by atomic mass is 10.1. The highest BCUT2D eigenvalue weighted by atomic mass is 16.5. The van der Waals surface area contributed by atoms with Crippen LogP contribution in [0.1, 0.15) is 41.0 Å². The molecule has 0 aromatic carbocycles. The molecule has 0 saturated heterocycles. The molecule has 0 amide bonds. The Hall–Kier alpha value is -0.570. The quantitative estimate of drug-likeness (QED) is 0.696. The topological polar surface area (TPSA) is 38.3 Å². The Morgan fingerprint density at radius 2 is 1.71 bits per heavy atom. The van der Waals surface area contributed by atoms with Crippen molar-refractivity contribution in [3.8, 4) is 0 Å². The predicted molar refractivity (Wildman–Crippen MR) is 60.3 cm³/mol. The first-order valence-corrected chi connectivity index (χ1v) is 5.51. The van der Waals surface area contributed by atoms with Crippen LogP contribution in [0, 0.1) is 5.92 Å². The number of nitrogens with one attached hydrogen (secondary N) is 1. The van der Waals surface area contributed by atoms with Crippen molar-refractivity contribution in [2.24, 2.45) is 5.92 Å². The number of ether oxygens (including phenoxy) is 1. The maximum Gasteiger partial charge on any atom is 0.308 e. The molecular formula is C11H25NO2. The Labute approximate surface area is 88.2 Å². The summed E-state index contributed by atoms with van der Waals surface area (Å²) in [5, 5.41) is 3.11. The molecule has 0 aromatic heterocycles. The van der Waals surface area contributed by atoms with Crippen LogP contribution in [0.15, 0.2) is 0 Å². The molecule has 3 heteroatoms. The van der Waals surface area contributed by atoms with Gasteiger partial charge in [0, 0.05) is 0 Å². The van der Waals surface area contributed by atoms with Crippen molar-refractivity contribution >= 4 is 5.97 Å². The SMILES string of the molecule is CCNCC.CCOC(=O)C(C)CC. The van der Waals surface area contributed by atoms with Crippen molar-refractivity contribution in [3.63, 3.8) is 0 Å². The zero-order valence-electron chi connectivity index (χ0n) is 10.2. The summed E-state index contributed by atoms with van der Waals surface area (Å²) >= 11 is 0. The fraction of sp³-hybridized carbons (Fsp3) is 0.909. The highest BCUT2D eigenvalue weighted by molar-refractivity contribution is 5.71. The molecule has 0 fully saturated rings. The lowest BCUT2D eigenvalue weighted by Crippen LogP contribution is -2.13. The number of hydrogen-bond acceptors (Lipinski definition) is 3. The van der Waals surface area contributed by atoms with Crippen LogP contribution >= 0.6 is 0 Å². The Morgan fingerprint density at radius 3 is 1.93 bits per heavy atom. The molecule has 0 aliphatic rings. The van der Waals surface area contributed by atoms with E-state index in [-0.39, 0.29) is 11.9 Å². The summed E-state index contributed by atoms with van der Waals surface area (Å²) in [4.78, 5) is 10.8. The second-order valence-corrected chi connectivity index (χ2v) is 3.02. The minimum atomic E-state index is -0.0833. The molecule has 0 aliphatic heterocycles. The first-order chi connectivity index (χ1) is 6.63. The first-order valence-electron chi connectivity index (χ1n) is 5.51. The highest BCUT2D eigenvalue weighted by Gasteiger charge is 2.09. The second kappa shape index (κ2) is 12.4. The van der Waals surface area contributed by atoms with Gasteiger partial charge in [-0.05, 0) is 26.4 Å². The molecule has 0 aliphatic carbocycles. The fourth-order valence-corrected chi connectivity index (χ4v) is 0.701. The minimum Gasteiger partial charge on any atom is -0.466 e. The largest absolute Gasteiger partial charge is 0.466 e. The average Bonchev–Trinajstić information content (AvgIpc) is 2.19. The molecule has 14 heavy (non-hydrogen) atoms. The van der Waals surface area contributed by atoms with Crippen LogP contribution in [0.4, 0.5) is 0 Å². The Morgan fingerprint density at radius 1 is 1.21 bits per heavy atom. The zero-order valence-corrected chi connectivity index (χ0v) is 10.2. The van der Waals surface area contributed by atoms with Gasteiger partial charge in [0.1, 0.15) is 0 Å². The standard InChI is InChI=1S/C7H14O2.C4H11N/c1-4-6(3)7(8)9-5-2;1-3-5-4-2/h6H,4-5H2,1-3H3;5H,3-4H2,1-2H3. The van der Waals surface area contributed by atoms with Gasteiger partial charge in [0.25, 0.3) is 0 Å². The smallest absolute Gasteiger partial charge is 0.308 e. The van der Waals surface area contributed by atoms with Crippen molar-refractivity contribution < 1.29 is 9.53 Å². The zero-order chi connectivity index (χ0) is 11.4. The molecule has 3 nitrogen and oxygen atoms in total. The number of carbonyl (C=O) groups excluding carboxylic acids is 1. The van der Waals surface area contributed by atoms with E-state index < -0.39 is 0 Å². The molecule has 1 unspecified atom stereocenters. The van der Waals surface area contributed by atoms with E-state index in [0.717, 1.165) is 19.5 Å². The number of rotatable bonds is 5. The van der Waals surface area contributed by atoms with Gasteiger partial charge in [-0.3, -0.25) is 4.79 Å². The van der Waals surface area contributed by atoms with Gasteiger partial charge >= 0.3 is 5.97 Å². The first kappa shape index (κ1) is 15.9. The van der Waals surface area contributed by atoms with E-state index in [2.05, 4.69) is 19.2 Å². The number of esters is 1. The Bertz CT molecular complexity index is 124. The van der Waals surface area contributed by atoms with E-state index >= 15 is 0 Å². The van der Waals surface area contributed by atoms with E-state index in [1.807, 2.05) is 20.8 Å². The van der Waals surface area contributed by atoms with E-state index in [9.17, 15) is 4.79 Å². The molecule has 0 aromatic rings. The van der Waals surface area contributed by atoms with E-state index in [1.165, 1.54) is 0 Å². The van der Waals surface area contributed by atoms with Gasteiger partial charge in [-0.15, -0.1) is 0 Å². The predicted octanol–water partition coefficient (Wildman–Crippen LogP) is 2.21. The third-order valence-electron chi connectivity index (χ3n) is 1.80. The van der Waals surface area contributed by atoms with Crippen molar-refractivity contribution in [3.05, 3.63) is 0 Å². The minimum absolute atomic E-state index is 0.0601. The summed E-state index contributed by atoms with van der Waals surface area (Å²) in [5.74, 6) is -0.0232. The van der Waals surface area contributed by atoms with Crippen molar-refractivity contribution in [2.75, 3.05) is 19.7 Å². The van der Waals surface area contributed by atoms with Crippen LogP contribution in [0.5, 0.6) is 0 Å². The number of hydrogen-bond donors (Lipinski definition) is 1. The summed E-state index contributed by atoms with van der Waals surface area (Å²) in [6.07, 6.45) is 0.860. The lowest BCUT2D eigenvalue weighted by Gasteiger charge is -2.05. The molecule has 0 bridgehead atoms. The summed E-state index contributed by atoms with van der Waals surface area (Å²) in [6, 6.07) is 0. The molecule has 86 valence electrons. The third-order valence-corrected chi connectivity index (χ3v) is 1.80. The van der Waals surface area contributed by atoms with Crippen LogP contribution < -0.4 is 5.32 Å². The second-order valence-electron chi connectivity index (χ2n) is 3.02. The molecule has 1 N–H and O–H groups in total. The van der Waals surface area contributed by atoms with Gasteiger partial charge in [-0.1, -0.05) is 27.7 Å². The summed E-state index contributed by atoms with van der Waals surface area (Å²) in [5.41, 5.74) is 0. The highest BCUT2D eigenvalue weighted by Crippen LogP contribution is 2.01. The lowest BCUT2D eigenvalue weighted by molar-refractivity contribution is -0.147. The average molecular weight is 203 g/mol. The van der Waals surface area contributed by atoms with Crippen molar-refractivity contribution in [1.29, 1.82) is 0 Å². The van der Waals surface area contributed by atoms with Crippen LogP contribution in [0.25, 0.3) is 0 Å². The summed E-state index contributed by atoms with van der Waals surface area (Å²) in [6.45, 7) is 12.5. The Kier molecular flexibility index (Phi) is 14.1. The van der Waals surface area contributed by atoms with Crippen LogP contribution in [0.3, 0.4) is 0 Å². The van der Waals surface area contributed by atoms with Gasteiger partial charge in [0.2, 0.25) is 0 Å². The van der Waals surface area contributed by atoms with Crippen LogP contribution in [-0.4, -0.2) is 25.7 Å². The van der Waals surface area contributed by atoms with E-state index in [1.54, 1.807) is 0 Å². The molecule has 1 atom stereocenters. The van der Waals surface area contributed by atoms with Gasteiger partial charge in [0.05, 0.1) is 12.5 Å². The Balaban J connectivity index is 0. The van der Waals surface area contributed by atoms with Crippen LogP contribution in [-0.2, 0) is 9.53 Å². The van der Waals surface area contributed by atoms with Gasteiger partial charge in [0.15, 0.2) is 0 Å². The molecule has 0 rings (SSSR count). The molecule has 0 saturated carbocycles. The normalized spacial score (nSPS) is 11.2.